The summed E-state index contributed by atoms with van der Waals surface area (Å²) in [6, 6.07) is 5.12. The zero-order chi connectivity index (χ0) is 10.1. The van der Waals surface area contributed by atoms with Crippen molar-refractivity contribution in [3.63, 3.8) is 0 Å². The highest BCUT2D eigenvalue weighted by Crippen LogP contribution is 2.33. The van der Waals surface area contributed by atoms with Gasteiger partial charge in [-0.15, -0.1) is 11.8 Å². The van der Waals surface area contributed by atoms with E-state index in [-0.39, 0.29) is 5.78 Å². The van der Waals surface area contributed by atoms with Gasteiger partial charge in [0.25, 0.3) is 0 Å². The zero-order valence-corrected chi connectivity index (χ0v) is 8.77. The van der Waals surface area contributed by atoms with E-state index >= 15 is 0 Å². The maximum Gasteiger partial charge on any atom is 0.174 e. The van der Waals surface area contributed by atoms with Crippen molar-refractivity contribution in [2.45, 2.75) is 4.90 Å². The van der Waals surface area contributed by atoms with Crippen molar-refractivity contribution in [2.75, 3.05) is 5.75 Å². The Balaban J connectivity index is 2.46. The Bertz CT molecular complexity index is 403. The molecule has 1 aromatic rings. The molecule has 0 N–H and O–H groups in total. The van der Waals surface area contributed by atoms with Crippen molar-refractivity contribution < 1.29 is 9.59 Å². The number of carbonyl (C=O) groups excluding carboxylic acids is 2. The molecular weight excluding hydrogens is 220 g/mol. The molecule has 0 aliphatic carbocycles. The summed E-state index contributed by atoms with van der Waals surface area (Å²) in [4.78, 5) is 23.1. The normalized spacial score (nSPS) is 20.4. The lowest BCUT2D eigenvalue weighted by molar-refractivity contribution is -0.109. The quantitative estimate of drug-likeness (QED) is 0.545. The fourth-order valence-electron chi connectivity index (χ4n) is 1.38. The number of Topliss-reactive ketones (excluding diaryl/α,β-unsaturated/α-hetero) is 1. The lowest BCUT2D eigenvalue weighted by Crippen LogP contribution is -2.23. The average molecular weight is 227 g/mol. The lowest BCUT2D eigenvalue weighted by Gasteiger charge is -2.18. The highest BCUT2D eigenvalue weighted by atomic mass is 35.5. The zero-order valence-electron chi connectivity index (χ0n) is 7.20. The maximum atomic E-state index is 11.7. The Hall–Kier alpha value is -0.800. The molecule has 1 unspecified atom stereocenters. The molecule has 4 heteroatoms. The molecule has 0 saturated carbocycles. The molecule has 1 heterocycles. The summed E-state index contributed by atoms with van der Waals surface area (Å²) < 4.78 is 0. The topological polar surface area (TPSA) is 34.1 Å². The first-order chi connectivity index (χ1) is 6.72. The SMILES string of the molecule is O=CC1CSc2cc(Cl)ccc2C1=O. The summed E-state index contributed by atoms with van der Waals surface area (Å²) in [7, 11) is 0. The molecule has 14 heavy (non-hydrogen) atoms. The smallest absolute Gasteiger partial charge is 0.174 e. The molecule has 2 nitrogen and oxygen atoms in total. The number of hydrogen-bond acceptors (Lipinski definition) is 3. The molecule has 0 spiro atoms. The van der Waals surface area contributed by atoms with E-state index in [1.807, 2.05) is 0 Å². The Morgan fingerprint density at radius 1 is 1.50 bits per heavy atom. The second kappa shape index (κ2) is 3.75. The van der Waals surface area contributed by atoms with Crippen LogP contribution in [0, 0.1) is 5.92 Å². The van der Waals surface area contributed by atoms with Crippen molar-refractivity contribution in [2.24, 2.45) is 5.92 Å². The minimum absolute atomic E-state index is 0.0922. The lowest BCUT2D eigenvalue weighted by atomic mass is 10.00. The van der Waals surface area contributed by atoms with Crippen LogP contribution in [-0.4, -0.2) is 17.8 Å². The van der Waals surface area contributed by atoms with Crippen LogP contribution in [0.4, 0.5) is 0 Å². The molecule has 0 radical (unpaired) electrons. The molecule has 1 aliphatic rings. The van der Waals surface area contributed by atoms with Crippen LogP contribution < -0.4 is 0 Å². The fraction of sp³-hybridized carbons (Fsp3) is 0.200. The van der Waals surface area contributed by atoms with Crippen LogP contribution in [0.1, 0.15) is 10.4 Å². The first-order valence-electron chi connectivity index (χ1n) is 4.14. The number of rotatable bonds is 1. The number of halogens is 1. The summed E-state index contributed by atoms with van der Waals surface area (Å²) in [6.45, 7) is 0. The van der Waals surface area contributed by atoms with E-state index in [0.717, 1.165) is 4.90 Å². The van der Waals surface area contributed by atoms with Gasteiger partial charge < -0.3 is 4.79 Å². The molecule has 0 aromatic heterocycles. The van der Waals surface area contributed by atoms with Crippen LogP contribution in [-0.2, 0) is 4.79 Å². The van der Waals surface area contributed by atoms with Crippen molar-refractivity contribution in [1.29, 1.82) is 0 Å². The van der Waals surface area contributed by atoms with Crippen LogP contribution >= 0.6 is 23.4 Å². The maximum absolute atomic E-state index is 11.7. The summed E-state index contributed by atoms with van der Waals surface area (Å²) in [5.41, 5.74) is 0.614. The molecular formula is C10H7ClO2S. The van der Waals surface area contributed by atoms with Crippen LogP contribution in [0.25, 0.3) is 0 Å². The highest BCUT2D eigenvalue weighted by Gasteiger charge is 2.27. The standard InChI is InChI=1S/C10H7ClO2S/c11-7-1-2-8-9(3-7)14-5-6(4-12)10(8)13/h1-4,6H,5H2. The summed E-state index contributed by atoms with van der Waals surface area (Å²) in [6.07, 6.45) is 0.715. The highest BCUT2D eigenvalue weighted by molar-refractivity contribution is 7.99. The third-order valence-corrected chi connectivity index (χ3v) is 3.54. The summed E-state index contributed by atoms with van der Waals surface area (Å²) in [5.74, 6) is -0.0607. The first-order valence-corrected chi connectivity index (χ1v) is 5.50. The van der Waals surface area contributed by atoms with Crippen LogP contribution in [0.15, 0.2) is 23.1 Å². The van der Waals surface area contributed by atoms with E-state index < -0.39 is 5.92 Å². The summed E-state index contributed by atoms with van der Waals surface area (Å²) in [5, 5.41) is 0.619. The van der Waals surface area contributed by atoms with Gasteiger partial charge in [0.1, 0.15) is 6.29 Å². The van der Waals surface area contributed by atoms with Gasteiger partial charge in [0.2, 0.25) is 0 Å². The van der Waals surface area contributed by atoms with E-state index in [4.69, 9.17) is 11.6 Å². The van der Waals surface area contributed by atoms with Gasteiger partial charge in [-0.05, 0) is 18.2 Å². The Labute approximate surface area is 90.6 Å². The van der Waals surface area contributed by atoms with Crippen LogP contribution in [0.3, 0.4) is 0 Å². The average Bonchev–Trinajstić information content (AvgIpc) is 2.18. The van der Waals surface area contributed by atoms with Crippen molar-refractivity contribution in [1.82, 2.24) is 0 Å². The van der Waals surface area contributed by atoms with Crippen LogP contribution in [0.2, 0.25) is 5.02 Å². The van der Waals surface area contributed by atoms with Gasteiger partial charge >= 0.3 is 0 Å². The number of thioether (sulfide) groups is 1. The molecule has 0 bridgehead atoms. The van der Waals surface area contributed by atoms with E-state index in [2.05, 4.69) is 0 Å². The van der Waals surface area contributed by atoms with Gasteiger partial charge in [-0.2, -0.15) is 0 Å². The molecule has 1 atom stereocenters. The molecule has 0 fully saturated rings. The second-order valence-electron chi connectivity index (χ2n) is 3.06. The number of benzene rings is 1. The molecule has 1 aromatic carbocycles. The Kier molecular flexibility index (Phi) is 2.61. The van der Waals surface area contributed by atoms with Gasteiger partial charge in [-0.3, -0.25) is 4.79 Å². The molecule has 0 amide bonds. The van der Waals surface area contributed by atoms with Gasteiger partial charge in [0.15, 0.2) is 5.78 Å². The first kappa shape index (κ1) is 9.74. The predicted molar refractivity (Wildman–Crippen MR) is 56.1 cm³/mol. The monoisotopic (exact) mass is 226 g/mol. The van der Waals surface area contributed by atoms with Crippen molar-refractivity contribution >= 4 is 35.4 Å². The number of aldehydes is 1. The molecule has 2 rings (SSSR count). The Morgan fingerprint density at radius 3 is 3.00 bits per heavy atom. The Morgan fingerprint density at radius 2 is 2.29 bits per heavy atom. The molecule has 72 valence electrons. The van der Waals surface area contributed by atoms with E-state index in [0.29, 0.717) is 22.6 Å². The number of fused-ring (bicyclic) bond motifs is 1. The number of hydrogen-bond donors (Lipinski definition) is 0. The van der Waals surface area contributed by atoms with Gasteiger partial charge in [0, 0.05) is 21.2 Å². The van der Waals surface area contributed by atoms with Gasteiger partial charge in [0.05, 0.1) is 5.92 Å². The minimum Gasteiger partial charge on any atom is -0.303 e. The molecule has 0 saturated heterocycles. The number of carbonyl (C=O) groups is 2. The minimum atomic E-state index is -0.492. The fourth-order valence-corrected chi connectivity index (χ4v) is 2.74. The van der Waals surface area contributed by atoms with Gasteiger partial charge in [-0.1, -0.05) is 11.6 Å². The van der Waals surface area contributed by atoms with Gasteiger partial charge in [-0.25, -0.2) is 0 Å². The summed E-state index contributed by atoms with van der Waals surface area (Å²) >= 11 is 7.30. The third kappa shape index (κ3) is 1.57. The third-order valence-electron chi connectivity index (χ3n) is 2.13. The van der Waals surface area contributed by atoms with E-state index in [9.17, 15) is 9.59 Å². The van der Waals surface area contributed by atoms with E-state index in [1.54, 1.807) is 18.2 Å². The largest absolute Gasteiger partial charge is 0.303 e. The van der Waals surface area contributed by atoms with E-state index in [1.165, 1.54) is 11.8 Å². The van der Waals surface area contributed by atoms with Crippen molar-refractivity contribution in [3.8, 4) is 0 Å². The van der Waals surface area contributed by atoms with Crippen LogP contribution in [0.5, 0.6) is 0 Å². The number of ketones is 1. The second-order valence-corrected chi connectivity index (χ2v) is 4.56. The van der Waals surface area contributed by atoms with Crippen molar-refractivity contribution in [3.05, 3.63) is 28.8 Å². The molecule has 1 aliphatic heterocycles. The predicted octanol–water partition coefficient (Wildman–Crippen LogP) is 2.44.